The van der Waals surface area contributed by atoms with E-state index in [2.05, 4.69) is 4.18 Å². The Balaban J connectivity index is -0.000000238. The molecule has 0 radical (unpaired) electrons. The normalized spacial score (nSPS) is 9.39. The first-order valence-electron chi connectivity index (χ1n) is 3.82. The van der Waals surface area contributed by atoms with Crippen molar-refractivity contribution in [3.63, 3.8) is 0 Å². The fourth-order valence-electron chi connectivity index (χ4n) is 0.339. The summed E-state index contributed by atoms with van der Waals surface area (Å²) in [5.74, 6) is -3.62. The molecule has 0 rings (SSSR count). The summed E-state index contributed by atoms with van der Waals surface area (Å²) in [4.78, 5) is 28.8. The van der Waals surface area contributed by atoms with Crippen molar-refractivity contribution in [3.05, 3.63) is 0 Å². The Morgan fingerprint density at radius 3 is 1.33 bits per heavy atom. The minimum absolute atomic E-state index is 0. The first-order valence-corrected chi connectivity index (χ1v) is 5.18. The molecular weight excluding hydrogens is 344 g/mol. The van der Waals surface area contributed by atoms with Crippen LogP contribution >= 0.6 is 17.0 Å². The van der Waals surface area contributed by atoms with E-state index in [-0.39, 0.29) is 29.8 Å². The summed E-state index contributed by atoms with van der Waals surface area (Å²) in [6, 6.07) is 0. The molecule has 0 aromatic rings. The molecule has 0 fully saturated rings. The molecule has 4 N–H and O–H groups in total. The zero-order valence-electron chi connectivity index (χ0n) is 8.68. The molecule has 0 aliphatic carbocycles. The van der Waals surface area contributed by atoms with E-state index in [0.29, 0.717) is 0 Å². The number of carboxylic acid groups (broad SMARTS) is 3. The van der Waals surface area contributed by atoms with Gasteiger partial charge in [-0.1, -0.05) is 0 Å². The van der Waals surface area contributed by atoms with E-state index in [1.165, 1.54) is 0 Å². The molecule has 18 heavy (non-hydrogen) atoms. The zero-order valence-corrected chi connectivity index (χ0v) is 11.2. The second kappa shape index (κ2) is 10.9. The first kappa shape index (κ1) is 22.0. The van der Waals surface area contributed by atoms with Crippen LogP contribution in [0.4, 0.5) is 0 Å². The Labute approximate surface area is 112 Å². The van der Waals surface area contributed by atoms with Gasteiger partial charge in [-0.15, -0.1) is 17.0 Å². The van der Waals surface area contributed by atoms with Crippen molar-refractivity contribution in [3.8, 4) is 0 Å². The molecule has 10 nitrogen and oxygen atoms in total. The summed E-state index contributed by atoms with van der Waals surface area (Å²) in [6.45, 7) is -1.06. The molecule has 0 atom stereocenters. The van der Waals surface area contributed by atoms with Crippen molar-refractivity contribution in [1.82, 2.24) is 0 Å². The Morgan fingerprint density at radius 1 is 0.889 bits per heavy atom. The number of hydrogen-bond acceptors (Lipinski definition) is 6. The summed E-state index contributed by atoms with van der Waals surface area (Å²) >= 11 is 0. The highest BCUT2D eigenvalue weighted by Crippen LogP contribution is 1.86. The largest absolute Gasteiger partial charge is 0.481 e. The maximum atomic E-state index is 9.64. The average molecular weight is 355 g/mol. The van der Waals surface area contributed by atoms with E-state index in [4.69, 9.17) is 19.9 Å². The molecule has 0 aliphatic heterocycles. The molecule has 0 spiro atoms. The van der Waals surface area contributed by atoms with E-state index in [1.54, 1.807) is 0 Å². The summed E-state index contributed by atoms with van der Waals surface area (Å²) in [7, 11) is -4.60. The molecule has 0 aromatic heterocycles. The van der Waals surface area contributed by atoms with Gasteiger partial charge in [0, 0.05) is 0 Å². The number of rotatable bonds is 6. The van der Waals surface area contributed by atoms with Gasteiger partial charge in [-0.05, 0) is 0 Å². The SMILES string of the molecule is Br.O=C(O)CCC(=O)O.O=C(O)COS(=O)(=O)O. The first-order chi connectivity index (χ1) is 7.54. The average Bonchev–Trinajstić information content (AvgIpc) is 2.11. The lowest BCUT2D eigenvalue weighted by atomic mass is 10.3. The van der Waals surface area contributed by atoms with Crippen molar-refractivity contribution >= 4 is 45.3 Å². The third kappa shape index (κ3) is 29.3. The fraction of sp³-hybridized carbons (Fsp3) is 0.500. The smallest absolute Gasteiger partial charge is 0.397 e. The minimum atomic E-state index is -4.60. The monoisotopic (exact) mass is 354 g/mol. The van der Waals surface area contributed by atoms with Crippen molar-refractivity contribution in [2.75, 3.05) is 6.61 Å². The molecule has 0 saturated carbocycles. The number of hydrogen-bond donors (Lipinski definition) is 4. The van der Waals surface area contributed by atoms with E-state index < -0.39 is 34.9 Å². The van der Waals surface area contributed by atoms with E-state index in [0.717, 1.165) is 0 Å². The molecule has 0 aliphatic rings. The molecule has 0 unspecified atom stereocenters. The predicted molar refractivity (Wildman–Crippen MR) is 60.0 cm³/mol. The molecule has 0 bridgehead atoms. The van der Waals surface area contributed by atoms with Crippen LogP contribution in [-0.2, 0) is 29.0 Å². The van der Waals surface area contributed by atoms with Crippen LogP contribution in [0.15, 0.2) is 0 Å². The number of carbonyl (C=O) groups is 3. The lowest BCUT2D eigenvalue weighted by molar-refractivity contribution is -0.143. The summed E-state index contributed by atoms with van der Waals surface area (Å²) in [5, 5.41) is 23.6. The minimum Gasteiger partial charge on any atom is -0.481 e. The fourth-order valence-corrected chi connectivity index (χ4v) is 0.588. The van der Waals surface area contributed by atoms with Crippen LogP contribution in [0.3, 0.4) is 0 Å². The van der Waals surface area contributed by atoms with Crippen LogP contribution in [0.2, 0.25) is 0 Å². The second-order valence-electron chi connectivity index (χ2n) is 2.37. The van der Waals surface area contributed by atoms with Crippen LogP contribution < -0.4 is 0 Å². The summed E-state index contributed by atoms with van der Waals surface area (Å²) in [5.41, 5.74) is 0. The molecule has 0 aromatic carbocycles. The summed E-state index contributed by atoms with van der Waals surface area (Å²) in [6.07, 6.45) is -0.593. The van der Waals surface area contributed by atoms with Gasteiger partial charge in [-0.25, -0.2) is 8.98 Å². The van der Waals surface area contributed by atoms with Crippen molar-refractivity contribution in [1.29, 1.82) is 0 Å². The number of carboxylic acids is 3. The van der Waals surface area contributed by atoms with E-state index in [1.807, 2.05) is 0 Å². The van der Waals surface area contributed by atoms with Gasteiger partial charge in [0.05, 0.1) is 12.8 Å². The van der Waals surface area contributed by atoms with Crippen LogP contribution in [0.1, 0.15) is 12.8 Å². The Morgan fingerprint density at radius 2 is 1.22 bits per heavy atom. The predicted octanol–water partition coefficient (Wildman–Crippen LogP) is -0.596. The van der Waals surface area contributed by atoms with Crippen molar-refractivity contribution < 1.29 is 46.9 Å². The lowest BCUT2D eigenvalue weighted by Gasteiger charge is -1.91. The van der Waals surface area contributed by atoms with Gasteiger partial charge in [0.2, 0.25) is 0 Å². The third-order valence-electron chi connectivity index (χ3n) is 0.884. The van der Waals surface area contributed by atoms with Gasteiger partial charge >= 0.3 is 28.3 Å². The van der Waals surface area contributed by atoms with Gasteiger partial charge < -0.3 is 15.3 Å². The Hall–Kier alpha value is -1.24. The zero-order chi connectivity index (χ0) is 14.1. The van der Waals surface area contributed by atoms with Gasteiger partial charge in [-0.2, -0.15) is 8.42 Å². The Kier molecular flexibility index (Phi) is 13.3. The maximum absolute atomic E-state index is 9.64. The lowest BCUT2D eigenvalue weighted by Crippen LogP contribution is -2.12. The highest BCUT2D eigenvalue weighted by Gasteiger charge is 2.06. The maximum Gasteiger partial charge on any atom is 0.397 e. The second-order valence-corrected chi connectivity index (χ2v) is 3.46. The van der Waals surface area contributed by atoms with Crippen molar-refractivity contribution in [2.45, 2.75) is 12.8 Å². The molecule has 108 valence electrons. The van der Waals surface area contributed by atoms with Gasteiger partial charge in [0.25, 0.3) is 0 Å². The van der Waals surface area contributed by atoms with Crippen LogP contribution in [-0.4, -0.2) is 52.8 Å². The van der Waals surface area contributed by atoms with E-state index >= 15 is 0 Å². The van der Waals surface area contributed by atoms with Crippen LogP contribution in [0.5, 0.6) is 0 Å². The highest BCUT2D eigenvalue weighted by atomic mass is 79.9. The standard InChI is InChI=1S/C4H6O4.C2H4O6S.BrH/c5-3(6)1-2-4(7)8;3-2(4)1-8-9(5,6)7;/h1-2H2,(H,5,6)(H,7,8);1H2,(H,3,4)(H,5,6,7);1H. The van der Waals surface area contributed by atoms with Crippen LogP contribution in [0.25, 0.3) is 0 Å². The molecular formula is C6H11BrO10S. The van der Waals surface area contributed by atoms with Crippen LogP contribution in [0, 0.1) is 0 Å². The Bertz CT molecular complexity index is 360. The van der Waals surface area contributed by atoms with Gasteiger partial charge in [0.15, 0.2) is 6.61 Å². The number of aliphatic carboxylic acids is 3. The topological polar surface area (TPSA) is 175 Å². The quantitative estimate of drug-likeness (QED) is 0.450. The molecule has 12 heteroatoms. The van der Waals surface area contributed by atoms with E-state index in [9.17, 15) is 22.8 Å². The highest BCUT2D eigenvalue weighted by molar-refractivity contribution is 8.93. The van der Waals surface area contributed by atoms with Crippen molar-refractivity contribution in [2.24, 2.45) is 0 Å². The van der Waals surface area contributed by atoms with Gasteiger partial charge in [0.1, 0.15) is 0 Å². The molecule has 0 heterocycles. The number of halogens is 1. The van der Waals surface area contributed by atoms with Gasteiger partial charge in [-0.3, -0.25) is 14.1 Å². The molecule has 0 amide bonds. The summed E-state index contributed by atoms with van der Waals surface area (Å²) < 4.78 is 30.4. The third-order valence-corrected chi connectivity index (χ3v) is 1.30. The molecule has 0 saturated heterocycles.